The highest BCUT2D eigenvalue weighted by Gasteiger charge is 2.59. The van der Waals surface area contributed by atoms with E-state index < -0.39 is 190 Å². The molecule has 9 N–H and O–H groups in total. The fourth-order valence-electron chi connectivity index (χ4n) is 10.8. The van der Waals surface area contributed by atoms with Gasteiger partial charge in [-0.05, 0) is 53.4 Å². The van der Waals surface area contributed by atoms with Gasteiger partial charge in [0.1, 0.15) is 79.4 Å². The van der Waals surface area contributed by atoms with Crippen molar-refractivity contribution in [3.05, 3.63) is 0 Å². The molecule has 0 spiro atoms. The Kier molecular flexibility index (Phi) is 26.0. The molecule has 464 valence electrons. The number of esters is 3. The Balaban J connectivity index is 1.36. The number of aliphatic hydroxyl groups excluding tert-OH is 9. The average Bonchev–Trinajstić information content (AvgIpc) is 3.45. The smallest absolute Gasteiger partial charge is 0.309 e. The van der Waals surface area contributed by atoms with E-state index in [1.165, 1.54) is 20.8 Å². The predicted octanol–water partition coefficient (Wildman–Crippen LogP) is 1.04. The lowest BCUT2D eigenvalue weighted by atomic mass is 9.95. The average molecular weight is 1160 g/mol. The number of ether oxygens (including phenoxy) is 13. The molecule has 0 aromatic carbocycles. The van der Waals surface area contributed by atoms with Crippen LogP contribution in [0.15, 0.2) is 0 Å². The van der Waals surface area contributed by atoms with Crippen LogP contribution in [0.1, 0.15) is 152 Å². The van der Waals surface area contributed by atoms with Gasteiger partial charge >= 0.3 is 17.9 Å². The summed E-state index contributed by atoms with van der Waals surface area (Å²) < 4.78 is 81.1. The highest BCUT2D eigenvalue weighted by atomic mass is 16.8. The van der Waals surface area contributed by atoms with E-state index in [4.69, 9.17) is 61.6 Å². The molecule has 0 saturated carbocycles. The van der Waals surface area contributed by atoms with Gasteiger partial charge in [-0.15, -0.1) is 0 Å². The minimum atomic E-state index is -2.02. The van der Waals surface area contributed by atoms with Crippen molar-refractivity contribution in [3.63, 3.8) is 0 Å². The molecule has 6 saturated heterocycles. The molecule has 80 heavy (non-hydrogen) atoms. The summed E-state index contributed by atoms with van der Waals surface area (Å²) in [6.45, 7) is 13.8. The van der Waals surface area contributed by atoms with E-state index in [0.717, 1.165) is 57.8 Å². The molecule has 6 rings (SSSR count). The summed E-state index contributed by atoms with van der Waals surface area (Å²) >= 11 is 0. The van der Waals surface area contributed by atoms with Gasteiger partial charge in [-0.2, -0.15) is 0 Å². The maximum atomic E-state index is 14.0. The third kappa shape index (κ3) is 16.7. The Hall–Kier alpha value is -2.35. The standard InChI is InChI=1S/C55H94O25/c1-10-12-18-21-31-22-19-16-14-13-15-17-20-23-33(57)74-46-41(65)43(29(8)70-54(46)79-45-37(61)34(58)27(6)68-53(45)72-31)77-55-48(76-50(67)26(5)11-2)47(80-52-39(63)36(60)35(59)32(24-56)73-52)44(30(9)71-55)78-51-40(64)38(62)42(28(7)69-51)75-49(66)25(3)4/h25-32,34-48,51-56,58-65H,10-24H2,1-9H3. The maximum Gasteiger partial charge on any atom is 0.309 e. The van der Waals surface area contributed by atoms with Gasteiger partial charge in [-0.25, -0.2) is 0 Å². The summed E-state index contributed by atoms with van der Waals surface area (Å²) in [6.07, 6.45) is -29.6. The lowest BCUT2D eigenvalue weighted by Crippen LogP contribution is -2.68. The molecule has 27 unspecified atom stereocenters. The monoisotopic (exact) mass is 1150 g/mol. The third-order valence-electron chi connectivity index (χ3n) is 16.2. The molecule has 0 aromatic rings. The number of carbonyl (C=O) groups is 3. The minimum absolute atomic E-state index is 0.0399. The van der Waals surface area contributed by atoms with E-state index in [9.17, 15) is 60.3 Å². The van der Waals surface area contributed by atoms with E-state index in [1.54, 1.807) is 34.6 Å². The summed E-state index contributed by atoms with van der Waals surface area (Å²) in [5.74, 6) is -3.58. The summed E-state index contributed by atoms with van der Waals surface area (Å²) in [7, 11) is 0. The fourth-order valence-corrected chi connectivity index (χ4v) is 10.8. The number of carbonyl (C=O) groups excluding carboxylic acids is 3. The molecular formula is C55H94O25. The number of hydrogen-bond donors (Lipinski definition) is 9. The quantitative estimate of drug-likeness (QED) is 0.0592. The first-order chi connectivity index (χ1) is 38.0. The number of hydrogen-bond acceptors (Lipinski definition) is 25. The lowest BCUT2D eigenvalue weighted by Gasteiger charge is -2.51. The molecule has 0 amide bonds. The van der Waals surface area contributed by atoms with Crippen molar-refractivity contribution in [3.8, 4) is 0 Å². The van der Waals surface area contributed by atoms with E-state index in [1.807, 2.05) is 0 Å². The fraction of sp³-hybridized carbons (Fsp3) is 0.945. The van der Waals surface area contributed by atoms with Crippen molar-refractivity contribution < 1.29 is 122 Å². The normalized spacial score (nSPS) is 44.3. The van der Waals surface area contributed by atoms with Gasteiger partial charge in [0.25, 0.3) is 0 Å². The van der Waals surface area contributed by atoms with Crippen LogP contribution in [0.2, 0.25) is 0 Å². The van der Waals surface area contributed by atoms with Gasteiger partial charge in [0, 0.05) is 6.42 Å². The number of fused-ring (bicyclic) bond motifs is 2. The summed E-state index contributed by atoms with van der Waals surface area (Å²) in [4.78, 5) is 40.4. The molecule has 0 bridgehead atoms. The zero-order valence-corrected chi connectivity index (χ0v) is 47.8. The SMILES string of the molecule is CCCCCC1CCCCCCCCCC(=O)OC2C(OC(C)C(OC3OC(C)C(OC4OC(C)C(OC(=O)C(C)C)C(O)C4O)C(OC4OC(CO)C(O)C(O)C4O)C3OC(=O)C(C)CC)C2O)OC2C(O1)OC(C)C(O)C2O. The Morgan fingerprint density at radius 2 is 1.09 bits per heavy atom. The van der Waals surface area contributed by atoms with Gasteiger partial charge in [-0.1, -0.05) is 92.4 Å². The van der Waals surface area contributed by atoms with Crippen LogP contribution in [0.5, 0.6) is 0 Å². The van der Waals surface area contributed by atoms with Gasteiger partial charge in [0.05, 0.1) is 49.0 Å². The molecule has 6 aliphatic heterocycles. The van der Waals surface area contributed by atoms with E-state index >= 15 is 0 Å². The zero-order valence-electron chi connectivity index (χ0n) is 47.8. The molecule has 27 atom stereocenters. The Labute approximate surface area is 469 Å². The summed E-state index contributed by atoms with van der Waals surface area (Å²) in [6, 6.07) is 0. The van der Waals surface area contributed by atoms with Crippen molar-refractivity contribution in [2.75, 3.05) is 6.61 Å². The van der Waals surface area contributed by atoms with Crippen molar-refractivity contribution in [1.82, 2.24) is 0 Å². The molecule has 6 heterocycles. The second-order valence-corrected chi connectivity index (χ2v) is 22.9. The van der Waals surface area contributed by atoms with Crippen LogP contribution in [0, 0.1) is 11.8 Å². The van der Waals surface area contributed by atoms with Crippen LogP contribution in [-0.2, 0) is 76.0 Å². The number of aliphatic hydroxyl groups is 9. The number of unbranched alkanes of at least 4 members (excludes halogenated alkanes) is 2. The first kappa shape index (κ1) is 66.8. The van der Waals surface area contributed by atoms with Crippen LogP contribution in [-0.4, -0.2) is 230 Å². The second-order valence-electron chi connectivity index (χ2n) is 22.9. The second kappa shape index (κ2) is 31.2. The predicted molar refractivity (Wildman–Crippen MR) is 275 cm³/mol. The Bertz CT molecular complexity index is 1880. The molecule has 0 radical (unpaired) electrons. The van der Waals surface area contributed by atoms with Gasteiger partial charge < -0.3 is 108 Å². The molecule has 0 aromatic heterocycles. The van der Waals surface area contributed by atoms with Crippen LogP contribution in [0.25, 0.3) is 0 Å². The topological polar surface area (TPSA) is 353 Å². The maximum absolute atomic E-state index is 14.0. The Morgan fingerprint density at radius 3 is 1.75 bits per heavy atom. The summed E-state index contributed by atoms with van der Waals surface area (Å²) in [5.41, 5.74) is 0. The Morgan fingerprint density at radius 1 is 0.525 bits per heavy atom. The van der Waals surface area contributed by atoms with E-state index in [2.05, 4.69) is 6.92 Å². The largest absolute Gasteiger partial charge is 0.457 e. The molecule has 6 fully saturated rings. The molecule has 25 heteroatoms. The minimum Gasteiger partial charge on any atom is -0.457 e. The summed E-state index contributed by atoms with van der Waals surface area (Å²) in [5, 5.41) is 101. The van der Waals surface area contributed by atoms with Gasteiger partial charge in [0.15, 0.2) is 49.8 Å². The lowest BCUT2D eigenvalue weighted by molar-refractivity contribution is -0.400. The third-order valence-corrected chi connectivity index (χ3v) is 16.2. The van der Waals surface area contributed by atoms with Crippen molar-refractivity contribution in [2.45, 2.75) is 312 Å². The molecule has 0 aliphatic carbocycles. The highest BCUT2D eigenvalue weighted by molar-refractivity contribution is 5.72. The number of rotatable bonds is 16. The van der Waals surface area contributed by atoms with Crippen molar-refractivity contribution in [2.24, 2.45) is 11.8 Å². The molecule has 6 aliphatic rings. The van der Waals surface area contributed by atoms with Crippen molar-refractivity contribution in [1.29, 1.82) is 0 Å². The van der Waals surface area contributed by atoms with Crippen LogP contribution < -0.4 is 0 Å². The van der Waals surface area contributed by atoms with E-state index in [0.29, 0.717) is 19.3 Å². The van der Waals surface area contributed by atoms with Crippen LogP contribution >= 0.6 is 0 Å². The van der Waals surface area contributed by atoms with Gasteiger partial charge in [-0.3, -0.25) is 14.4 Å². The first-order valence-corrected chi connectivity index (χ1v) is 29.2. The highest BCUT2D eigenvalue weighted by Crippen LogP contribution is 2.39. The van der Waals surface area contributed by atoms with Crippen molar-refractivity contribution >= 4 is 17.9 Å². The van der Waals surface area contributed by atoms with E-state index in [-0.39, 0.29) is 18.9 Å². The van der Waals surface area contributed by atoms with Crippen LogP contribution in [0.3, 0.4) is 0 Å². The van der Waals surface area contributed by atoms with Gasteiger partial charge in [0.2, 0.25) is 0 Å². The molecule has 25 nitrogen and oxygen atoms in total. The first-order valence-electron chi connectivity index (χ1n) is 29.2. The molecular weight excluding hydrogens is 1060 g/mol. The van der Waals surface area contributed by atoms with Crippen LogP contribution in [0.4, 0.5) is 0 Å². The zero-order chi connectivity index (χ0) is 58.7.